The number of amides is 2. The number of nitrogens with one attached hydrogen (secondary N) is 3. The molecule has 0 radical (unpaired) electrons. The minimum absolute atomic E-state index is 0.0228. The molecule has 1 unspecified atom stereocenters. The molecule has 1 saturated heterocycles. The maximum absolute atomic E-state index is 13.5. The van der Waals surface area contributed by atoms with Crippen molar-refractivity contribution in [3.63, 3.8) is 0 Å². The van der Waals surface area contributed by atoms with Crippen LogP contribution in [0.25, 0.3) is 0 Å². The van der Waals surface area contributed by atoms with E-state index in [2.05, 4.69) is 16.0 Å². The molecule has 1 heterocycles. The molecule has 2 amide bonds. The topological polar surface area (TPSA) is 70.2 Å². The van der Waals surface area contributed by atoms with Gasteiger partial charge < -0.3 is 16.0 Å². The number of rotatable bonds is 5. The van der Waals surface area contributed by atoms with E-state index in [4.69, 9.17) is 0 Å². The molecular formula is C17H22FN3O2. The van der Waals surface area contributed by atoms with Crippen LogP contribution in [0.2, 0.25) is 0 Å². The van der Waals surface area contributed by atoms with Gasteiger partial charge in [-0.25, -0.2) is 4.39 Å². The summed E-state index contributed by atoms with van der Waals surface area (Å²) in [5.41, 5.74) is 0.237. The van der Waals surface area contributed by atoms with Gasteiger partial charge in [0.2, 0.25) is 5.91 Å². The third-order valence-corrected chi connectivity index (χ3v) is 4.93. The van der Waals surface area contributed by atoms with Gasteiger partial charge in [-0.1, -0.05) is 12.1 Å². The van der Waals surface area contributed by atoms with Crippen LogP contribution in [-0.2, 0) is 4.79 Å². The molecule has 23 heavy (non-hydrogen) atoms. The van der Waals surface area contributed by atoms with Crippen molar-refractivity contribution >= 4 is 11.8 Å². The lowest BCUT2D eigenvalue weighted by Gasteiger charge is -2.23. The number of carbonyl (C=O) groups is 2. The van der Waals surface area contributed by atoms with E-state index in [1.807, 2.05) is 0 Å². The first-order valence-electron chi connectivity index (χ1n) is 8.14. The fourth-order valence-corrected chi connectivity index (χ4v) is 3.42. The monoisotopic (exact) mass is 319 g/mol. The summed E-state index contributed by atoms with van der Waals surface area (Å²) in [7, 11) is 0. The van der Waals surface area contributed by atoms with Crippen molar-refractivity contribution in [1.29, 1.82) is 0 Å². The SMILES string of the molecule is O=C(NCCNC(=O)C1CC12CCNCC2)c1ccccc1F. The zero-order valence-corrected chi connectivity index (χ0v) is 13.0. The Kier molecular flexibility index (Phi) is 4.61. The molecule has 1 saturated carbocycles. The number of hydrogen-bond acceptors (Lipinski definition) is 3. The average Bonchev–Trinajstić information content (AvgIpc) is 3.25. The molecule has 0 bridgehead atoms. The Morgan fingerprint density at radius 3 is 2.61 bits per heavy atom. The van der Waals surface area contributed by atoms with Crippen LogP contribution in [-0.4, -0.2) is 38.0 Å². The molecule has 1 aliphatic carbocycles. The van der Waals surface area contributed by atoms with Crippen molar-refractivity contribution in [2.75, 3.05) is 26.2 Å². The summed E-state index contributed by atoms with van der Waals surface area (Å²) in [5, 5.41) is 8.81. The van der Waals surface area contributed by atoms with Crippen LogP contribution in [0.4, 0.5) is 4.39 Å². The molecule has 2 fully saturated rings. The van der Waals surface area contributed by atoms with Crippen molar-refractivity contribution in [3.8, 4) is 0 Å². The zero-order chi connectivity index (χ0) is 16.3. The second kappa shape index (κ2) is 6.66. The summed E-state index contributed by atoms with van der Waals surface area (Å²) in [5.74, 6) is -0.808. The van der Waals surface area contributed by atoms with Crippen LogP contribution in [0, 0.1) is 17.2 Å². The normalized spacial score (nSPS) is 21.7. The van der Waals surface area contributed by atoms with Gasteiger partial charge in [0.25, 0.3) is 5.91 Å². The fourth-order valence-electron chi connectivity index (χ4n) is 3.42. The molecular weight excluding hydrogens is 297 g/mol. The highest BCUT2D eigenvalue weighted by Gasteiger charge is 2.57. The quantitative estimate of drug-likeness (QED) is 0.711. The van der Waals surface area contributed by atoms with Gasteiger partial charge in [0.05, 0.1) is 5.56 Å². The number of halogens is 1. The molecule has 1 aromatic rings. The Bertz CT molecular complexity index is 599. The summed E-state index contributed by atoms with van der Waals surface area (Å²) in [6, 6.07) is 5.85. The minimum Gasteiger partial charge on any atom is -0.354 e. The van der Waals surface area contributed by atoms with Crippen molar-refractivity contribution < 1.29 is 14.0 Å². The molecule has 3 rings (SSSR count). The molecule has 124 valence electrons. The van der Waals surface area contributed by atoms with Gasteiger partial charge >= 0.3 is 0 Å². The molecule has 6 heteroatoms. The average molecular weight is 319 g/mol. The highest BCUT2D eigenvalue weighted by molar-refractivity contribution is 5.94. The number of carbonyl (C=O) groups excluding carboxylic acids is 2. The van der Waals surface area contributed by atoms with E-state index in [-0.39, 0.29) is 22.8 Å². The lowest BCUT2D eigenvalue weighted by molar-refractivity contribution is -0.123. The highest BCUT2D eigenvalue weighted by atomic mass is 19.1. The van der Waals surface area contributed by atoms with Crippen molar-refractivity contribution in [1.82, 2.24) is 16.0 Å². The summed E-state index contributed by atoms with van der Waals surface area (Å²) in [6.45, 7) is 2.63. The van der Waals surface area contributed by atoms with Crippen molar-refractivity contribution in [2.24, 2.45) is 11.3 Å². The van der Waals surface area contributed by atoms with Gasteiger partial charge in [-0.2, -0.15) is 0 Å². The van der Waals surface area contributed by atoms with Gasteiger partial charge in [0.15, 0.2) is 0 Å². The van der Waals surface area contributed by atoms with E-state index in [1.165, 1.54) is 12.1 Å². The first-order chi connectivity index (χ1) is 11.1. The van der Waals surface area contributed by atoms with E-state index in [9.17, 15) is 14.0 Å². The van der Waals surface area contributed by atoms with Crippen LogP contribution in [0.3, 0.4) is 0 Å². The molecule has 2 aliphatic rings. The zero-order valence-electron chi connectivity index (χ0n) is 13.0. The summed E-state index contributed by atoms with van der Waals surface area (Å²) >= 11 is 0. The van der Waals surface area contributed by atoms with Gasteiger partial charge in [-0.05, 0) is 49.9 Å². The van der Waals surface area contributed by atoms with Gasteiger partial charge in [0, 0.05) is 19.0 Å². The van der Waals surface area contributed by atoms with Gasteiger partial charge in [-0.15, -0.1) is 0 Å². The Morgan fingerprint density at radius 1 is 1.17 bits per heavy atom. The number of piperidine rings is 1. The van der Waals surface area contributed by atoms with Crippen LogP contribution in [0.15, 0.2) is 24.3 Å². The molecule has 1 aliphatic heterocycles. The number of benzene rings is 1. The van der Waals surface area contributed by atoms with E-state index < -0.39 is 11.7 Å². The first-order valence-corrected chi connectivity index (χ1v) is 8.14. The molecule has 3 N–H and O–H groups in total. The minimum atomic E-state index is -0.542. The highest BCUT2D eigenvalue weighted by Crippen LogP contribution is 2.58. The van der Waals surface area contributed by atoms with E-state index in [1.54, 1.807) is 12.1 Å². The van der Waals surface area contributed by atoms with E-state index in [0.29, 0.717) is 13.1 Å². The standard InChI is InChI=1S/C17H22FN3O2/c18-14-4-2-1-3-12(14)15(22)20-9-10-21-16(23)13-11-17(13)5-7-19-8-6-17/h1-4,13,19H,5-11H2,(H,20,22)(H,21,23). The van der Waals surface area contributed by atoms with Crippen LogP contribution >= 0.6 is 0 Å². The summed E-state index contributed by atoms with van der Waals surface area (Å²) in [6.07, 6.45) is 3.10. The Morgan fingerprint density at radius 2 is 1.87 bits per heavy atom. The third-order valence-electron chi connectivity index (χ3n) is 4.93. The maximum Gasteiger partial charge on any atom is 0.254 e. The predicted octanol–water partition coefficient (Wildman–Crippen LogP) is 1.06. The lowest BCUT2D eigenvalue weighted by atomic mass is 9.92. The fraction of sp³-hybridized carbons (Fsp3) is 0.529. The Hall–Kier alpha value is -1.95. The smallest absolute Gasteiger partial charge is 0.254 e. The first kappa shape index (κ1) is 15.9. The molecule has 1 atom stereocenters. The predicted molar refractivity (Wildman–Crippen MR) is 84.4 cm³/mol. The molecule has 0 aromatic heterocycles. The summed E-state index contributed by atoms with van der Waals surface area (Å²) < 4.78 is 13.5. The van der Waals surface area contributed by atoms with Gasteiger partial charge in [0.1, 0.15) is 5.82 Å². The van der Waals surface area contributed by atoms with Crippen molar-refractivity contribution in [3.05, 3.63) is 35.6 Å². The number of hydrogen-bond donors (Lipinski definition) is 3. The molecule has 5 nitrogen and oxygen atoms in total. The summed E-state index contributed by atoms with van der Waals surface area (Å²) in [4.78, 5) is 24.0. The lowest BCUT2D eigenvalue weighted by Crippen LogP contribution is -2.37. The van der Waals surface area contributed by atoms with E-state index in [0.717, 1.165) is 32.4 Å². The molecule has 1 spiro atoms. The third kappa shape index (κ3) is 3.52. The Balaban J connectivity index is 1.38. The maximum atomic E-state index is 13.5. The second-order valence-corrected chi connectivity index (χ2v) is 6.40. The van der Waals surface area contributed by atoms with Crippen LogP contribution in [0.5, 0.6) is 0 Å². The van der Waals surface area contributed by atoms with Crippen LogP contribution in [0.1, 0.15) is 29.6 Å². The van der Waals surface area contributed by atoms with Crippen molar-refractivity contribution in [2.45, 2.75) is 19.3 Å². The Labute approximate surface area is 135 Å². The van der Waals surface area contributed by atoms with Crippen LogP contribution < -0.4 is 16.0 Å². The van der Waals surface area contributed by atoms with E-state index >= 15 is 0 Å². The second-order valence-electron chi connectivity index (χ2n) is 6.40. The largest absolute Gasteiger partial charge is 0.354 e. The molecule has 1 aromatic carbocycles. The van der Waals surface area contributed by atoms with Gasteiger partial charge in [-0.3, -0.25) is 9.59 Å².